The highest BCUT2D eigenvalue weighted by Crippen LogP contribution is 2.12. The van der Waals surface area contributed by atoms with Crippen molar-refractivity contribution in [1.82, 2.24) is 20.6 Å². The Labute approximate surface area is 140 Å². The van der Waals surface area contributed by atoms with Crippen molar-refractivity contribution in [3.8, 4) is 0 Å². The Hall–Kier alpha value is -2.96. The Bertz CT molecular complexity index is 673. The molecule has 2 aromatic heterocycles. The van der Waals surface area contributed by atoms with E-state index in [9.17, 15) is 9.59 Å². The van der Waals surface area contributed by atoms with E-state index in [0.29, 0.717) is 18.9 Å². The Balaban J connectivity index is 1.74. The zero-order valence-corrected chi connectivity index (χ0v) is 13.7. The van der Waals surface area contributed by atoms with Gasteiger partial charge in [-0.2, -0.15) is 0 Å². The van der Waals surface area contributed by atoms with Crippen LogP contribution in [-0.4, -0.2) is 28.5 Å². The molecule has 3 N–H and O–H groups in total. The zero-order chi connectivity index (χ0) is 17.4. The number of nitrogens with zero attached hydrogens (tertiary/aromatic N) is 2. The van der Waals surface area contributed by atoms with Gasteiger partial charge in [0, 0.05) is 38.6 Å². The normalized spacial score (nSPS) is 11.4. The van der Waals surface area contributed by atoms with E-state index in [4.69, 9.17) is 0 Å². The maximum absolute atomic E-state index is 11.9. The molecule has 0 bridgehead atoms. The van der Waals surface area contributed by atoms with E-state index in [-0.39, 0.29) is 17.9 Å². The average Bonchev–Trinajstić information content (AvgIpc) is 2.59. The van der Waals surface area contributed by atoms with Crippen molar-refractivity contribution < 1.29 is 9.59 Å². The summed E-state index contributed by atoms with van der Waals surface area (Å²) >= 11 is 0. The summed E-state index contributed by atoms with van der Waals surface area (Å²) in [6, 6.07) is 7.14. The van der Waals surface area contributed by atoms with E-state index in [1.165, 1.54) is 6.92 Å². The van der Waals surface area contributed by atoms with Crippen LogP contribution in [0.3, 0.4) is 0 Å². The van der Waals surface area contributed by atoms with Crippen molar-refractivity contribution in [2.24, 2.45) is 0 Å². The number of aromatic nitrogens is 2. The second kappa shape index (κ2) is 8.61. The number of hydrogen-bond acceptors (Lipinski definition) is 4. The smallest absolute Gasteiger partial charge is 0.315 e. The number of hydrogen-bond donors (Lipinski definition) is 3. The number of carbonyl (C=O) groups is 2. The number of anilines is 1. The van der Waals surface area contributed by atoms with Crippen molar-refractivity contribution in [1.29, 1.82) is 0 Å². The molecule has 126 valence electrons. The van der Waals surface area contributed by atoms with Gasteiger partial charge in [0.15, 0.2) is 0 Å². The van der Waals surface area contributed by atoms with Crippen LogP contribution in [-0.2, 0) is 11.3 Å². The average molecular weight is 327 g/mol. The lowest BCUT2D eigenvalue weighted by atomic mass is 10.0. The minimum atomic E-state index is -0.234. The van der Waals surface area contributed by atoms with Crippen LogP contribution >= 0.6 is 0 Å². The molecule has 2 heterocycles. The van der Waals surface area contributed by atoms with Gasteiger partial charge >= 0.3 is 6.03 Å². The zero-order valence-electron chi connectivity index (χ0n) is 13.7. The Morgan fingerprint density at radius 1 is 1.12 bits per heavy atom. The molecule has 0 saturated heterocycles. The Morgan fingerprint density at radius 2 is 1.88 bits per heavy atom. The third-order valence-electron chi connectivity index (χ3n) is 3.43. The summed E-state index contributed by atoms with van der Waals surface area (Å²) in [6.07, 6.45) is 5.10. The fourth-order valence-corrected chi connectivity index (χ4v) is 2.08. The number of pyridine rings is 2. The van der Waals surface area contributed by atoms with Crippen molar-refractivity contribution in [2.75, 3.05) is 11.9 Å². The molecule has 0 spiro atoms. The molecule has 2 rings (SSSR count). The van der Waals surface area contributed by atoms with Gasteiger partial charge in [-0.1, -0.05) is 13.0 Å². The first kappa shape index (κ1) is 17.4. The van der Waals surface area contributed by atoms with E-state index in [1.54, 1.807) is 30.7 Å². The van der Waals surface area contributed by atoms with Crippen LogP contribution in [0.25, 0.3) is 0 Å². The van der Waals surface area contributed by atoms with Gasteiger partial charge in [-0.05, 0) is 35.2 Å². The lowest BCUT2D eigenvalue weighted by Gasteiger charge is -2.13. The predicted molar refractivity (Wildman–Crippen MR) is 91.4 cm³/mol. The molecule has 1 atom stereocenters. The minimum Gasteiger partial charge on any atom is -0.338 e. The van der Waals surface area contributed by atoms with Crippen LogP contribution in [0.4, 0.5) is 10.6 Å². The lowest BCUT2D eigenvalue weighted by Crippen LogP contribution is -2.37. The highest BCUT2D eigenvalue weighted by atomic mass is 16.2. The largest absolute Gasteiger partial charge is 0.338 e. The monoisotopic (exact) mass is 327 g/mol. The summed E-state index contributed by atoms with van der Waals surface area (Å²) < 4.78 is 0. The number of nitrogens with one attached hydrogen (secondary N) is 3. The Morgan fingerprint density at radius 3 is 2.50 bits per heavy atom. The van der Waals surface area contributed by atoms with Gasteiger partial charge < -0.3 is 16.0 Å². The van der Waals surface area contributed by atoms with Crippen LogP contribution in [0.1, 0.15) is 30.9 Å². The minimum absolute atomic E-state index is 0.170. The first-order chi connectivity index (χ1) is 11.5. The molecule has 24 heavy (non-hydrogen) atoms. The molecule has 1 unspecified atom stereocenters. The number of rotatable bonds is 6. The summed E-state index contributed by atoms with van der Waals surface area (Å²) in [5.41, 5.74) is 1.98. The molecular formula is C17H21N5O2. The topological polar surface area (TPSA) is 96.0 Å². The third kappa shape index (κ3) is 5.68. The van der Waals surface area contributed by atoms with Crippen molar-refractivity contribution >= 4 is 17.8 Å². The summed E-state index contributed by atoms with van der Waals surface area (Å²) in [7, 11) is 0. The maximum atomic E-state index is 11.9. The number of amides is 3. The fourth-order valence-electron chi connectivity index (χ4n) is 2.08. The highest BCUT2D eigenvalue weighted by Gasteiger charge is 2.07. The molecule has 7 heteroatoms. The molecule has 0 aliphatic rings. The van der Waals surface area contributed by atoms with Gasteiger partial charge in [0.05, 0.1) is 0 Å². The van der Waals surface area contributed by atoms with E-state index in [0.717, 1.165) is 11.1 Å². The SMILES string of the molecule is CC(=O)Nc1ccc(CNC(=O)NCC(C)c2ccncc2)cn1. The van der Waals surface area contributed by atoms with Gasteiger partial charge in [0.1, 0.15) is 5.82 Å². The molecule has 3 amide bonds. The molecule has 0 saturated carbocycles. The van der Waals surface area contributed by atoms with Crippen LogP contribution in [0.2, 0.25) is 0 Å². The van der Waals surface area contributed by atoms with E-state index >= 15 is 0 Å². The molecule has 0 aliphatic carbocycles. The van der Waals surface area contributed by atoms with Crippen LogP contribution in [0.5, 0.6) is 0 Å². The summed E-state index contributed by atoms with van der Waals surface area (Å²) in [5, 5.41) is 8.21. The molecule has 0 fully saturated rings. The quantitative estimate of drug-likeness (QED) is 0.756. The van der Waals surface area contributed by atoms with Gasteiger partial charge in [-0.3, -0.25) is 9.78 Å². The van der Waals surface area contributed by atoms with Crippen molar-refractivity contribution in [3.05, 3.63) is 54.0 Å². The van der Waals surface area contributed by atoms with Crippen molar-refractivity contribution in [3.63, 3.8) is 0 Å². The molecule has 0 aromatic carbocycles. The van der Waals surface area contributed by atoms with Crippen LogP contribution < -0.4 is 16.0 Å². The molecule has 7 nitrogen and oxygen atoms in total. The number of carbonyl (C=O) groups excluding carboxylic acids is 2. The van der Waals surface area contributed by atoms with Gasteiger partial charge in [0.25, 0.3) is 0 Å². The summed E-state index contributed by atoms with van der Waals surface area (Å²) in [5.74, 6) is 0.523. The highest BCUT2D eigenvalue weighted by molar-refractivity contribution is 5.87. The third-order valence-corrected chi connectivity index (χ3v) is 3.43. The van der Waals surface area contributed by atoms with E-state index < -0.39 is 0 Å². The standard InChI is InChI=1S/C17H21N5O2/c1-12(15-5-7-18-8-6-15)9-20-17(24)21-11-14-3-4-16(19-10-14)22-13(2)23/h3-8,10,12H,9,11H2,1-2H3,(H,19,22,23)(H2,20,21,24). The molecule has 0 aliphatic heterocycles. The lowest BCUT2D eigenvalue weighted by molar-refractivity contribution is -0.114. The summed E-state index contributed by atoms with van der Waals surface area (Å²) in [4.78, 5) is 30.9. The maximum Gasteiger partial charge on any atom is 0.315 e. The molecular weight excluding hydrogens is 306 g/mol. The van der Waals surface area contributed by atoms with Crippen LogP contribution in [0, 0.1) is 0 Å². The molecule has 0 radical (unpaired) electrons. The molecule has 2 aromatic rings. The second-order valence-corrected chi connectivity index (χ2v) is 5.48. The fraction of sp³-hybridized carbons (Fsp3) is 0.294. The van der Waals surface area contributed by atoms with E-state index in [2.05, 4.69) is 25.9 Å². The van der Waals surface area contributed by atoms with Gasteiger partial charge in [-0.25, -0.2) is 9.78 Å². The Kier molecular flexibility index (Phi) is 6.24. The van der Waals surface area contributed by atoms with Gasteiger partial charge in [0.2, 0.25) is 5.91 Å². The summed E-state index contributed by atoms with van der Waals surface area (Å²) in [6.45, 7) is 4.37. The number of urea groups is 1. The van der Waals surface area contributed by atoms with E-state index in [1.807, 2.05) is 19.1 Å². The second-order valence-electron chi connectivity index (χ2n) is 5.48. The van der Waals surface area contributed by atoms with Crippen LogP contribution in [0.15, 0.2) is 42.9 Å². The van der Waals surface area contributed by atoms with Gasteiger partial charge in [-0.15, -0.1) is 0 Å². The first-order valence-electron chi connectivity index (χ1n) is 7.68. The van der Waals surface area contributed by atoms with Crippen molar-refractivity contribution in [2.45, 2.75) is 26.3 Å². The first-order valence-corrected chi connectivity index (χ1v) is 7.68. The predicted octanol–water partition coefficient (Wildman–Crippen LogP) is 2.04.